The molecule has 0 spiro atoms. The molecule has 152 valence electrons. The molecule has 0 saturated heterocycles. The van der Waals surface area contributed by atoms with Gasteiger partial charge in [-0.25, -0.2) is 8.42 Å². The Balaban J connectivity index is 1.84. The van der Waals surface area contributed by atoms with E-state index in [4.69, 9.17) is 4.74 Å². The molecule has 3 heterocycles. The number of ether oxygens (including phenoxy) is 1. The lowest BCUT2D eigenvalue weighted by atomic mass is 10.2. The van der Waals surface area contributed by atoms with Gasteiger partial charge in [-0.1, -0.05) is 11.3 Å². The van der Waals surface area contributed by atoms with E-state index in [1.165, 1.54) is 4.88 Å². The maximum absolute atomic E-state index is 11.1. The van der Waals surface area contributed by atoms with Gasteiger partial charge in [0, 0.05) is 39.5 Å². The van der Waals surface area contributed by atoms with Crippen LogP contribution in [0.3, 0.4) is 0 Å². The van der Waals surface area contributed by atoms with Crippen molar-refractivity contribution in [2.24, 2.45) is 0 Å². The van der Waals surface area contributed by atoms with Gasteiger partial charge in [0.2, 0.25) is 5.52 Å². The van der Waals surface area contributed by atoms with Gasteiger partial charge in [-0.2, -0.15) is 4.57 Å². The van der Waals surface area contributed by atoms with E-state index in [1.54, 1.807) is 41.1 Å². The number of fused-ring (bicyclic) bond motifs is 3. The van der Waals surface area contributed by atoms with Crippen LogP contribution < -0.4 is 9.30 Å². The Bertz CT molecular complexity index is 1310. The highest BCUT2D eigenvalue weighted by atomic mass is 32.2. The second kappa shape index (κ2) is 8.16. The predicted octanol–water partition coefficient (Wildman–Crippen LogP) is 4.89. The third kappa shape index (κ3) is 4.39. The molecule has 9 heteroatoms. The van der Waals surface area contributed by atoms with E-state index in [9.17, 15) is 13.0 Å². The quantitative estimate of drug-likeness (QED) is 0.288. The first-order valence-corrected chi connectivity index (χ1v) is 13.0. The van der Waals surface area contributed by atoms with Crippen LogP contribution in [-0.4, -0.2) is 25.8 Å². The summed E-state index contributed by atoms with van der Waals surface area (Å²) in [5.41, 5.74) is 1.06. The van der Waals surface area contributed by atoms with Gasteiger partial charge in [-0.15, -0.1) is 22.7 Å². The van der Waals surface area contributed by atoms with Crippen molar-refractivity contribution >= 4 is 76.6 Å². The van der Waals surface area contributed by atoms with Crippen LogP contribution in [0.4, 0.5) is 0 Å². The number of hydrogen-bond donors (Lipinski definition) is 0. The summed E-state index contributed by atoms with van der Waals surface area (Å²) in [5.74, 6) is 0.461. The minimum atomic E-state index is -4.23. The van der Waals surface area contributed by atoms with Crippen LogP contribution in [0, 0.1) is 6.92 Å². The van der Waals surface area contributed by atoms with Crippen molar-refractivity contribution in [3.63, 3.8) is 0 Å². The van der Waals surface area contributed by atoms with Crippen LogP contribution >= 0.6 is 34.0 Å². The zero-order valence-electron chi connectivity index (χ0n) is 15.9. The van der Waals surface area contributed by atoms with E-state index in [0.717, 1.165) is 35.9 Å². The number of thiophene rings is 2. The van der Waals surface area contributed by atoms with Crippen LogP contribution in [0.1, 0.15) is 21.2 Å². The largest absolute Gasteiger partial charge is 0.748 e. The van der Waals surface area contributed by atoms with Crippen molar-refractivity contribution in [1.29, 1.82) is 0 Å². The highest BCUT2D eigenvalue weighted by Gasteiger charge is 2.24. The first-order valence-electron chi connectivity index (χ1n) is 8.94. The molecule has 0 N–H and O–H groups in total. The van der Waals surface area contributed by atoms with Gasteiger partial charge in [-0.05, 0) is 36.6 Å². The van der Waals surface area contributed by atoms with E-state index in [0.29, 0.717) is 6.54 Å². The van der Waals surface area contributed by atoms with Crippen molar-refractivity contribution in [1.82, 2.24) is 0 Å². The average molecular weight is 466 g/mol. The zero-order chi connectivity index (χ0) is 20.6. The van der Waals surface area contributed by atoms with Gasteiger partial charge < -0.3 is 9.29 Å². The van der Waals surface area contributed by atoms with Gasteiger partial charge in [0.15, 0.2) is 6.54 Å². The van der Waals surface area contributed by atoms with Crippen molar-refractivity contribution in [3.05, 3.63) is 44.4 Å². The van der Waals surface area contributed by atoms with Crippen molar-refractivity contribution in [3.8, 4) is 5.75 Å². The smallest absolute Gasteiger partial charge is 0.262 e. The zero-order valence-corrected chi connectivity index (χ0v) is 19.1. The fourth-order valence-corrected chi connectivity index (χ4v) is 6.71. The summed E-state index contributed by atoms with van der Waals surface area (Å²) in [5, 5.41) is 4.08. The maximum Gasteiger partial charge on any atom is 0.262 e. The second-order valence-corrected chi connectivity index (χ2v) is 11.4. The molecule has 1 aromatic carbocycles. The van der Waals surface area contributed by atoms with Gasteiger partial charge >= 0.3 is 0 Å². The first kappa shape index (κ1) is 20.5. The second-order valence-electron chi connectivity index (χ2n) is 6.58. The Morgan fingerprint density at radius 2 is 2.03 bits per heavy atom. The molecule has 4 rings (SSSR count). The number of thiazole rings is 1. The fraction of sp³-hybridized carbons (Fsp3) is 0.250. The predicted molar refractivity (Wildman–Crippen MR) is 121 cm³/mol. The fourth-order valence-electron chi connectivity index (χ4n) is 3.29. The average Bonchev–Trinajstić information content (AvgIpc) is 3.36. The van der Waals surface area contributed by atoms with Crippen LogP contribution in [0.25, 0.3) is 32.5 Å². The molecule has 0 aliphatic rings. The number of nitrogens with zero attached hydrogens (tertiary/aromatic N) is 1. The molecule has 0 fully saturated rings. The lowest BCUT2D eigenvalue weighted by Gasteiger charge is -2.05. The van der Waals surface area contributed by atoms with Gasteiger partial charge in [-0.3, -0.25) is 0 Å². The Labute approximate surface area is 181 Å². The van der Waals surface area contributed by atoms with Crippen LogP contribution in [0.5, 0.6) is 5.75 Å². The van der Waals surface area contributed by atoms with Gasteiger partial charge in [0.25, 0.3) is 5.01 Å². The Morgan fingerprint density at radius 3 is 2.72 bits per heavy atom. The van der Waals surface area contributed by atoms with Gasteiger partial charge in [0.1, 0.15) is 15.1 Å². The molecular formula is C20H19NO4S4. The molecule has 29 heavy (non-hydrogen) atoms. The normalized spacial score (nSPS) is 12.5. The maximum atomic E-state index is 11.1. The number of aromatic nitrogens is 1. The first-order chi connectivity index (χ1) is 13.9. The summed E-state index contributed by atoms with van der Waals surface area (Å²) in [7, 11) is -2.57. The molecule has 4 aromatic rings. The summed E-state index contributed by atoms with van der Waals surface area (Å²) >= 11 is 4.99. The van der Waals surface area contributed by atoms with Crippen molar-refractivity contribution in [2.75, 3.05) is 12.9 Å². The topological polar surface area (TPSA) is 70.3 Å². The molecule has 0 unspecified atom stereocenters. The highest BCUT2D eigenvalue weighted by molar-refractivity contribution is 7.85. The summed E-state index contributed by atoms with van der Waals surface area (Å²) in [4.78, 5) is 2.41. The number of methoxy groups -OCH3 is 1. The molecule has 0 atom stereocenters. The van der Waals surface area contributed by atoms with E-state index < -0.39 is 10.1 Å². The summed E-state index contributed by atoms with van der Waals surface area (Å²) in [6.07, 6.45) is 4.42. The minimum Gasteiger partial charge on any atom is -0.748 e. The standard InChI is InChI=1S/C20H19NO4S4/c1-13-4-5-14(27-13)6-7-18-21(9-3-11-29(22,23)24)19-17(28-18)12-16(25-2)15-8-10-26-20(15)19/h4-8,10,12H,3,9,11H2,1-2H3. The van der Waals surface area contributed by atoms with E-state index in [2.05, 4.69) is 35.8 Å². The van der Waals surface area contributed by atoms with Crippen LogP contribution in [-0.2, 0) is 16.7 Å². The molecule has 3 aromatic heterocycles. The molecule has 0 aliphatic heterocycles. The lowest BCUT2D eigenvalue weighted by Crippen LogP contribution is -2.36. The van der Waals surface area contributed by atoms with Crippen LogP contribution in [0.15, 0.2) is 29.6 Å². The summed E-state index contributed by atoms with van der Waals surface area (Å²) in [6.45, 7) is 2.54. The van der Waals surface area contributed by atoms with E-state index >= 15 is 0 Å². The molecule has 0 aliphatic carbocycles. The van der Waals surface area contributed by atoms with Crippen molar-refractivity contribution in [2.45, 2.75) is 19.9 Å². The molecular weight excluding hydrogens is 446 g/mol. The molecule has 5 nitrogen and oxygen atoms in total. The Kier molecular flexibility index (Phi) is 5.76. The third-order valence-corrected chi connectivity index (χ3v) is 8.31. The van der Waals surface area contributed by atoms with Gasteiger partial charge in [0.05, 0.1) is 17.2 Å². The Hall–Kier alpha value is -1.78. The third-order valence-electron chi connectivity index (χ3n) is 4.54. The number of aryl methyl sites for hydroxylation is 2. The monoisotopic (exact) mass is 465 g/mol. The van der Waals surface area contributed by atoms with E-state index in [1.807, 2.05) is 17.5 Å². The molecule has 0 radical (unpaired) electrons. The van der Waals surface area contributed by atoms with Crippen molar-refractivity contribution < 1.29 is 22.3 Å². The minimum absolute atomic E-state index is 0.278. The number of hydrogen-bond acceptors (Lipinski definition) is 7. The highest BCUT2D eigenvalue weighted by Crippen LogP contribution is 2.38. The number of benzene rings is 1. The number of rotatable bonds is 7. The summed E-state index contributed by atoms with van der Waals surface area (Å²) in [6, 6.07) is 8.23. The van der Waals surface area contributed by atoms with E-state index in [-0.39, 0.29) is 12.2 Å². The SMILES string of the molecule is COc1cc2sc(C=Cc3ccc(C)s3)[n+](CCCS(=O)(=O)[O-])c2c2sccc12. The summed E-state index contributed by atoms with van der Waals surface area (Å²) < 4.78 is 43.1. The molecule has 0 bridgehead atoms. The molecule has 0 saturated carbocycles. The molecule has 0 amide bonds. The lowest BCUT2D eigenvalue weighted by molar-refractivity contribution is -0.667. The Morgan fingerprint density at radius 1 is 1.21 bits per heavy atom. The van der Waals surface area contributed by atoms with Crippen LogP contribution in [0.2, 0.25) is 0 Å².